The van der Waals surface area contributed by atoms with Gasteiger partial charge in [0.1, 0.15) is 0 Å². The minimum absolute atomic E-state index is 0.295. The molecule has 0 saturated heterocycles. The van der Waals surface area contributed by atoms with E-state index in [-0.39, 0.29) is 5.91 Å². The number of fused-ring (bicyclic) bond motifs is 1. The van der Waals surface area contributed by atoms with Crippen LogP contribution in [0.4, 0.5) is 11.6 Å². The zero-order chi connectivity index (χ0) is 21.8. The highest BCUT2D eigenvalue weighted by Crippen LogP contribution is 2.19. The second-order valence-corrected chi connectivity index (χ2v) is 8.02. The fraction of sp³-hybridized carbons (Fsp3) is 0.0400. The lowest BCUT2D eigenvalue weighted by atomic mass is 10.0. The molecule has 6 nitrogen and oxygen atoms in total. The van der Waals surface area contributed by atoms with E-state index in [0.29, 0.717) is 22.9 Å². The van der Waals surface area contributed by atoms with Gasteiger partial charge in [-0.3, -0.25) is 4.79 Å². The van der Waals surface area contributed by atoms with E-state index in [2.05, 4.69) is 50.6 Å². The van der Waals surface area contributed by atoms with E-state index in [1.165, 1.54) is 27.7 Å². The molecule has 0 atom stereocenters. The number of carbonyl (C=O) groups is 1. The highest BCUT2D eigenvalue weighted by molar-refractivity contribution is 7.07. The standard InChI is InChI=1S/C25H19N5OS/c31-23(19-8-4-10-21(16-19)28-24-26-12-5-13-27-24)29-25-30(14-15-32-25)17-20-9-3-7-18-6-1-2-11-22(18)20/h1-16H,17H2,(H,26,27,28). The summed E-state index contributed by atoms with van der Waals surface area (Å²) in [5, 5.41) is 7.44. The molecule has 32 heavy (non-hydrogen) atoms. The van der Waals surface area contributed by atoms with Crippen LogP contribution in [0.25, 0.3) is 10.8 Å². The van der Waals surface area contributed by atoms with Gasteiger partial charge in [0.25, 0.3) is 5.91 Å². The van der Waals surface area contributed by atoms with Crippen LogP contribution >= 0.6 is 11.3 Å². The first-order valence-corrected chi connectivity index (χ1v) is 11.0. The Labute approximate surface area is 188 Å². The van der Waals surface area contributed by atoms with Crippen molar-refractivity contribution in [2.75, 3.05) is 5.32 Å². The quantitative estimate of drug-likeness (QED) is 0.419. The van der Waals surface area contributed by atoms with Crippen molar-refractivity contribution in [1.29, 1.82) is 0 Å². The first-order chi connectivity index (χ1) is 15.8. The first kappa shape index (κ1) is 19.8. The Kier molecular flexibility index (Phi) is 5.55. The summed E-state index contributed by atoms with van der Waals surface area (Å²) >= 11 is 1.44. The Morgan fingerprint density at radius 2 is 1.78 bits per heavy atom. The van der Waals surface area contributed by atoms with Gasteiger partial charge in [0.2, 0.25) is 5.95 Å². The molecule has 1 N–H and O–H groups in total. The summed E-state index contributed by atoms with van der Waals surface area (Å²) in [5.41, 5.74) is 2.41. The lowest BCUT2D eigenvalue weighted by Gasteiger charge is -2.08. The van der Waals surface area contributed by atoms with Crippen molar-refractivity contribution >= 4 is 39.7 Å². The maximum absolute atomic E-state index is 12.9. The van der Waals surface area contributed by atoms with Crippen molar-refractivity contribution in [3.63, 3.8) is 0 Å². The molecule has 0 spiro atoms. The van der Waals surface area contributed by atoms with Gasteiger partial charge in [0.05, 0.1) is 6.54 Å². The van der Waals surface area contributed by atoms with Crippen molar-refractivity contribution in [2.45, 2.75) is 6.54 Å². The molecule has 0 unspecified atom stereocenters. The molecule has 0 bridgehead atoms. The van der Waals surface area contributed by atoms with E-state index in [1.54, 1.807) is 30.6 Å². The van der Waals surface area contributed by atoms with Crippen LogP contribution in [0.5, 0.6) is 0 Å². The summed E-state index contributed by atoms with van der Waals surface area (Å²) in [6.07, 6.45) is 5.28. The first-order valence-electron chi connectivity index (χ1n) is 10.1. The molecule has 0 radical (unpaired) electrons. The summed E-state index contributed by atoms with van der Waals surface area (Å²) in [4.78, 5) is 26.3. The number of amides is 1. The van der Waals surface area contributed by atoms with Crippen LogP contribution < -0.4 is 10.1 Å². The third kappa shape index (κ3) is 4.33. The van der Waals surface area contributed by atoms with E-state index in [4.69, 9.17) is 0 Å². The average molecular weight is 438 g/mol. The van der Waals surface area contributed by atoms with Crippen LogP contribution in [0.1, 0.15) is 15.9 Å². The van der Waals surface area contributed by atoms with Crippen LogP contribution in [-0.4, -0.2) is 20.4 Å². The van der Waals surface area contributed by atoms with Crippen molar-refractivity contribution in [3.05, 3.63) is 113 Å². The van der Waals surface area contributed by atoms with E-state index < -0.39 is 0 Å². The molecule has 0 fully saturated rings. The topological polar surface area (TPSA) is 72.2 Å². The zero-order valence-electron chi connectivity index (χ0n) is 17.1. The summed E-state index contributed by atoms with van der Waals surface area (Å²) < 4.78 is 2.00. The number of anilines is 2. The maximum atomic E-state index is 12.9. The number of hydrogen-bond acceptors (Lipinski definition) is 5. The minimum atomic E-state index is -0.295. The number of hydrogen-bond donors (Lipinski definition) is 1. The number of thiazole rings is 1. The van der Waals surface area contributed by atoms with Gasteiger partial charge < -0.3 is 9.88 Å². The van der Waals surface area contributed by atoms with Crippen molar-refractivity contribution in [3.8, 4) is 0 Å². The Balaban J connectivity index is 1.41. The Bertz CT molecular complexity index is 1450. The number of aromatic nitrogens is 3. The Morgan fingerprint density at radius 1 is 0.969 bits per heavy atom. The maximum Gasteiger partial charge on any atom is 0.279 e. The molecule has 7 heteroatoms. The normalized spacial score (nSPS) is 11.6. The third-order valence-corrected chi connectivity index (χ3v) is 5.80. The molecule has 2 heterocycles. The molecule has 0 saturated carbocycles. The number of carbonyl (C=O) groups excluding carboxylic acids is 1. The predicted molar refractivity (Wildman–Crippen MR) is 127 cm³/mol. The Morgan fingerprint density at radius 3 is 2.69 bits per heavy atom. The number of nitrogens with zero attached hydrogens (tertiary/aromatic N) is 4. The van der Waals surface area contributed by atoms with Crippen molar-refractivity contribution < 1.29 is 4.79 Å². The second kappa shape index (κ2) is 8.95. The largest absolute Gasteiger partial charge is 0.324 e. The van der Waals surface area contributed by atoms with Crippen LogP contribution in [-0.2, 0) is 6.54 Å². The molecule has 2 aromatic heterocycles. The van der Waals surface area contributed by atoms with Crippen LogP contribution in [0, 0.1) is 0 Å². The molecule has 5 rings (SSSR count). The van der Waals surface area contributed by atoms with Gasteiger partial charge in [-0.25, -0.2) is 9.97 Å². The molecular weight excluding hydrogens is 418 g/mol. The van der Waals surface area contributed by atoms with Crippen LogP contribution in [0.2, 0.25) is 0 Å². The smallest absolute Gasteiger partial charge is 0.279 e. The van der Waals surface area contributed by atoms with Crippen LogP contribution in [0.3, 0.4) is 0 Å². The van der Waals surface area contributed by atoms with E-state index in [0.717, 1.165) is 5.69 Å². The lowest BCUT2D eigenvalue weighted by molar-refractivity contribution is 0.0998. The monoisotopic (exact) mass is 437 g/mol. The van der Waals surface area contributed by atoms with E-state index in [9.17, 15) is 4.79 Å². The van der Waals surface area contributed by atoms with Gasteiger partial charge in [0.15, 0.2) is 4.80 Å². The summed E-state index contributed by atoms with van der Waals surface area (Å²) in [7, 11) is 0. The number of rotatable bonds is 5. The van der Waals surface area contributed by atoms with Gasteiger partial charge in [-0.05, 0) is 40.6 Å². The molecule has 0 aliphatic rings. The van der Waals surface area contributed by atoms with Crippen molar-refractivity contribution in [2.24, 2.45) is 4.99 Å². The molecule has 1 amide bonds. The number of nitrogens with one attached hydrogen (secondary N) is 1. The molecular formula is C25H19N5OS. The molecule has 0 aliphatic heterocycles. The van der Waals surface area contributed by atoms with Gasteiger partial charge in [-0.15, -0.1) is 11.3 Å². The highest BCUT2D eigenvalue weighted by Gasteiger charge is 2.08. The Hall–Kier alpha value is -4.10. The van der Waals surface area contributed by atoms with Crippen molar-refractivity contribution in [1.82, 2.24) is 14.5 Å². The summed E-state index contributed by atoms with van der Waals surface area (Å²) in [6, 6.07) is 23.5. The number of benzene rings is 3. The van der Waals surface area contributed by atoms with E-state index in [1.807, 2.05) is 40.4 Å². The zero-order valence-corrected chi connectivity index (χ0v) is 17.9. The third-order valence-electron chi connectivity index (χ3n) is 5.01. The van der Waals surface area contributed by atoms with E-state index >= 15 is 0 Å². The predicted octanol–water partition coefficient (Wildman–Crippen LogP) is 5.03. The summed E-state index contributed by atoms with van der Waals surface area (Å²) in [6.45, 7) is 0.643. The lowest BCUT2D eigenvalue weighted by Crippen LogP contribution is -2.17. The van der Waals surface area contributed by atoms with Crippen LogP contribution in [0.15, 0.2) is 102 Å². The fourth-order valence-corrected chi connectivity index (χ4v) is 4.22. The molecule has 156 valence electrons. The SMILES string of the molecule is O=C(N=c1sccn1Cc1cccc2ccccc12)c1cccc(Nc2ncccn2)c1. The second-order valence-electron chi connectivity index (χ2n) is 7.15. The van der Waals surface area contributed by atoms with Gasteiger partial charge in [0, 0.05) is 35.2 Å². The average Bonchev–Trinajstić information content (AvgIpc) is 3.26. The molecule has 5 aromatic rings. The summed E-state index contributed by atoms with van der Waals surface area (Å²) in [5.74, 6) is 0.178. The van der Waals surface area contributed by atoms with Gasteiger partial charge in [-0.1, -0.05) is 48.5 Å². The molecule has 3 aromatic carbocycles. The molecule has 0 aliphatic carbocycles. The highest BCUT2D eigenvalue weighted by atomic mass is 32.1. The van der Waals surface area contributed by atoms with Gasteiger partial charge in [-0.2, -0.15) is 4.99 Å². The van der Waals surface area contributed by atoms with Gasteiger partial charge >= 0.3 is 0 Å². The minimum Gasteiger partial charge on any atom is -0.324 e. The fourth-order valence-electron chi connectivity index (χ4n) is 3.50.